The maximum absolute atomic E-state index is 11.3. The average molecular weight is 412 g/mol. The molecule has 2 rings (SSSR count). The number of carboxylic acids is 1. The monoisotopic (exact) mass is 411 g/mol. The van der Waals surface area contributed by atoms with Gasteiger partial charge >= 0.3 is 5.97 Å². The summed E-state index contributed by atoms with van der Waals surface area (Å²) in [7, 11) is 1.55. The Morgan fingerprint density at radius 2 is 1.81 bits per heavy atom. The predicted molar refractivity (Wildman–Crippen MR) is 107 cm³/mol. The van der Waals surface area contributed by atoms with Crippen LogP contribution in [0.4, 0.5) is 0 Å². The molecule has 0 saturated carbocycles. The number of ether oxygens (including phenoxy) is 2. The van der Waals surface area contributed by atoms with Gasteiger partial charge in [-0.3, -0.25) is 4.79 Å². The standard InChI is InChI=1S/C20H23Cl2NO4/c1-12(2)19(20(24)25)23-10-13-7-8-17(18(9-13)26-3)27-11-14-15(21)5-4-6-16(14)22/h4-9,12,19,23H,10-11H2,1-3H3,(H,24,25). The van der Waals surface area contributed by atoms with Gasteiger partial charge in [0.1, 0.15) is 12.6 Å². The molecule has 0 saturated heterocycles. The van der Waals surface area contributed by atoms with Crippen molar-refractivity contribution in [3.63, 3.8) is 0 Å². The molecular weight excluding hydrogens is 389 g/mol. The van der Waals surface area contributed by atoms with E-state index in [-0.39, 0.29) is 12.5 Å². The van der Waals surface area contributed by atoms with Crippen molar-refractivity contribution < 1.29 is 19.4 Å². The van der Waals surface area contributed by atoms with E-state index in [1.165, 1.54) is 0 Å². The zero-order valence-corrected chi connectivity index (χ0v) is 17.0. The van der Waals surface area contributed by atoms with Crippen molar-refractivity contribution in [3.8, 4) is 11.5 Å². The van der Waals surface area contributed by atoms with Crippen LogP contribution in [0.25, 0.3) is 0 Å². The van der Waals surface area contributed by atoms with Crippen molar-refractivity contribution in [1.29, 1.82) is 0 Å². The van der Waals surface area contributed by atoms with Crippen LogP contribution in [0.3, 0.4) is 0 Å². The van der Waals surface area contributed by atoms with Gasteiger partial charge in [0, 0.05) is 22.2 Å². The number of aliphatic carboxylic acids is 1. The van der Waals surface area contributed by atoms with Crippen molar-refractivity contribution >= 4 is 29.2 Å². The van der Waals surface area contributed by atoms with Crippen molar-refractivity contribution in [3.05, 3.63) is 57.6 Å². The third-order valence-corrected chi connectivity index (χ3v) is 4.83. The lowest BCUT2D eigenvalue weighted by molar-refractivity contribution is -0.140. The van der Waals surface area contributed by atoms with Crippen LogP contribution in [0.5, 0.6) is 11.5 Å². The van der Waals surface area contributed by atoms with Crippen LogP contribution in [-0.4, -0.2) is 24.2 Å². The summed E-state index contributed by atoms with van der Waals surface area (Å²) in [6.07, 6.45) is 0. The summed E-state index contributed by atoms with van der Waals surface area (Å²) in [4.78, 5) is 11.3. The fourth-order valence-electron chi connectivity index (χ4n) is 2.60. The largest absolute Gasteiger partial charge is 0.493 e. The molecule has 0 spiro atoms. The summed E-state index contributed by atoms with van der Waals surface area (Å²) in [5, 5.41) is 13.4. The van der Waals surface area contributed by atoms with Crippen molar-refractivity contribution in [2.45, 2.75) is 33.0 Å². The fourth-order valence-corrected chi connectivity index (χ4v) is 3.10. The molecule has 0 fully saturated rings. The second-order valence-corrected chi connectivity index (χ2v) is 7.23. The van der Waals surface area contributed by atoms with Gasteiger partial charge in [0.2, 0.25) is 0 Å². The number of carbonyl (C=O) groups is 1. The molecule has 0 radical (unpaired) electrons. The van der Waals surface area contributed by atoms with Gasteiger partial charge in [0.25, 0.3) is 0 Å². The molecule has 1 atom stereocenters. The molecule has 2 aromatic carbocycles. The number of methoxy groups -OCH3 is 1. The third kappa shape index (κ3) is 5.76. The summed E-state index contributed by atoms with van der Waals surface area (Å²) < 4.78 is 11.2. The van der Waals surface area contributed by atoms with E-state index in [0.717, 1.165) is 5.56 Å². The number of hydrogen-bond acceptors (Lipinski definition) is 4. The van der Waals surface area contributed by atoms with Crippen LogP contribution in [0, 0.1) is 5.92 Å². The zero-order chi connectivity index (χ0) is 20.0. The Kier molecular flexibility index (Phi) is 7.78. The maximum Gasteiger partial charge on any atom is 0.320 e. The number of benzene rings is 2. The second kappa shape index (κ2) is 9.83. The molecule has 2 N–H and O–H groups in total. The first-order chi connectivity index (χ1) is 12.8. The Balaban J connectivity index is 2.08. The molecule has 0 aliphatic rings. The molecule has 7 heteroatoms. The highest BCUT2D eigenvalue weighted by Gasteiger charge is 2.20. The van der Waals surface area contributed by atoms with E-state index in [9.17, 15) is 9.90 Å². The van der Waals surface area contributed by atoms with Gasteiger partial charge in [-0.05, 0) is 35.7 Å². The summed E-state index contributed by atoms with van der Waals surface area (Å²) in [6, 6.07) is 10.1. The lowest BCUT2D eigenvalue weighted by Gasteiger charge is -2.18. The summed E-state index contributed by atoms with van der Waals surface area (Å²) >= 11 is 12.3. The van der Waals surface area contributed by atoms with E-state index in [4.69, 9.17) is 32.7 Å². The molecule has 1 unspecified atom stereocenters. The van der Waals surface area contributed by atoms with Gasteiger partial charge < -0.3 is 19.9 Å². The first-order valence-electron chi connectivity index (χ1n) is 8.52. The van der Waals surface area contributed by atoms with E-state index < -0.39 is 12.0 Å². The molecule has 0 aromatic heterocycles. The Labute approximate surface area is 169 Å². The minimum Gasteiger partial charge on any atom is -0.493 e. The smallest absolute Gasteiger partial charge is 0.320 e. The molecule has 2 aromatic rings. The van der Waals surface area contributed by atoms with Gasteiger partial charge in [0.05, 0.1) is 7.11 Å². The summed E-state index contributed by atoms with van der Waals surface area (Å²) in [6.45, 7) is 4.34. The van der Waals surface area contributed by atoms with E-state index in [0.29, 0.717) is 33.7 Å². The zero-order valence-electron chi connectivity index (χ0n) is 15.5. The highest BCUT2D eigenvalue weighted by molar-refractivity contribution is 6.35. The van der Waals surface area contributed by atoms with Crippen LogP contribution in [0.1, 0.15) is 25.0 Å². The molecule has 5 nitrogen and oxygen atoms in total. The molecule has 146 valence electrons. The van der Waals surface area contributed by atoms with E-state index >= 15 is 0 Å². The van der Waals surface area contributed by atoms with E-state index in [1.54, 1.807) is 31.4 Å². The Hall–Kier alpha value is -1.95. The highest BCUT2D eigenvalue weighted by Crippen LogP contribution is 2.31. The molecular formula is C20H23Cl2NO4. The highest BCUT2D eigenvalue weighted by atomic mass is 35.5. The molecule has 0 heterocycles. The Morgan fingerprint density at radius 1 is 1.15 bits per heavy atom. The first kappa shape index (κ1) is 21.4. The second-order valence-electron chi connectivity index (χ2n) is 6.41. The normalized spacial score (nSPS) is 12.1. The van der Waals surface area contributed by atoms with Crippen LogP contribution in [-0.2, 0) is 17.9 Å². The predicted octanol–water partition coefficient (Wildman–Crippen LogP) is 4.78. The lowest BCUT2D eigenvalue weighted by atomic mass is 10.0. The SMILES string of the molecule is COc1cc(CNC(C(=O)O)C(C)C)ccc1OCc1c(Cl)cccc1Cl. The van der Waals surface area contributed by atoms with Crippen molar-refractivity contribution in [1.82, 2.24) is 5.32 Å². The van der Waals surface area contributed by atoms with Crippen LogP contribution in [0.2, 0.25) is 10.0 Å². The van der Waals surface area contributed by atoms with Crippen LogP contribution in [0.15, 0.2) is 36.4 Å². The van der Waals surface area contributed by atoms with Crippen molar-refractivity contribution in [2.24, 2.45) is 5.92 Å². The number of nitrogens with one attached hydrogen (secondary N) is 1. The Morgan fingerprint density at radius 3 is 2.37 bits per heavy atom. The van der Waals surface area contributed by atoms with Crippen LogP contribution < -0.4 is 14.8 Å². The molecule has 27 heavy (non-hydrogen) atoms. The number of hydrogen-bond donors (Lipinski definition) is 2. The van der Waals surface area contributed by atoms with E-state index in [1.807, 2.05) is 26.0 Å². The van der Waals surface area contributed by atoms with Crippen LogP contribution >= 0.6 is 23.2 Å². The fraction of sp³-hybridized carbons (Fsp3) is 0.350. The summed E-state index contributed by atoms with van der Waals surface area (Å²) in [5.74, 6) is 0.214. The molecule has 0 amide bonds. The van der Waals surface area contributed by atoms with Gasteiger partial charge in [-0.2, -0.15) is 0 Å². The molecule has 0 aliphatic heterocycles. The van der Waals surface area contributed by atoms with Gasteiger partial charge in [-0.25, -0.2) is 0 Å². The lowest BCUT2D eigenvalue weighted by Crippen LogP contribution is -2.40. The Bertz CT molecular complexity index is 775. The van der Waals surface area contributed by atoms with Gasteiger partial charge in [-0.15, -0.1) is 0 Å². The molecule has 0 aliphatic carbocycles. The van der Waals surface area contributed by atoms with Gasteiger partial charge in [0.15, 0.2) is 11.5 Å². The summed E-state index contributed by atoms with van der Waals surface area (Å²) in [5.41, 5.74) is 1.59. The third-order valence-electron chi connectivity index (χ3n) is 4.12. The minimum absolute atomic E-state index is 0.0210. The quantitative estimate of drug-likeness (QED) is 0.621. The maximum atomic E-state index is 11.3. The topological polar surface area (TPSA) is 67.8 Å². The number of rotatable bonds is 9. The molecule has 0 bridgehead atoms. The van der Waals surface area contributed by atoms with Gasteiger partial charge in [-0.1, -0.05) is 49.2 Å². The minimum atomic E-state index is -0.867. The number of halogens is 2. The number of carboxylic acid groups (broad SMARTS) is 1. The first-order valence-corrected chi connectivity index (χ1v) is 9.27. The average Bonchev–Trinajstić information content (AvgIpc) is 2.61. The van der Waals surface area contributed by atoms with E-state index in [2.05, 4.69) is 5.32 Å². The van der Waals surface area contributed by atoms with Crippen molar-refractivity contribution in [2.75, 3.05) is 7.11 Å².